The summed E-state index contributed by atoms with van der Waals surface area (Å²) < 4.78 is 43.1. The van der Waals surface area contributed by atoms with Crippen molar-refractivity contribution in [3.05, 3.63) is 59.6 Å². The molecular weight excluding hydrogens is 335 g/mol. The largest absolute Gasteiger partial charge is 0.382 e. The molecule has 6 nitrogen and oxygen atoms in total. The van der Waals surface area contributed by atoms with Crippen LogP contribution in [0.15, 0.2) is 47.4 Å². The second-order valence-electron chi connectivity index (χ2n) is 5.77. The molecule has 25 heavy (non-hydrogen) atoms. The van der Waals surface area contributed by atoms with Crippen molar-refractivity contribution in [1.82, 2.24) is 20.1 Å². The summed E-state index contributed by atoms with van der Waals surface area (Å²) in [5, 5.41) is 18.0. The van der Waals surface area contributed by atoms with Crippen molar-refractivity contribution in [2.24, 2.45) is 10.9 Å². The molecule has 2 heterocycles. The summed E-state index contributed by atoms with van der Waals surface area (Å²) in [5.41, 5.74) is -1.99. The standard InChI is InChI=1S/C16H16F3N5O/c1-10(15-14(19)5-20-7-22-15)16(25,6-24-9-21-8-23-24)12-3-2-11(17)4-13(12)18/h2-5,8-10,22,25H,6-7H2,1H3/t10-,16?/m0/s1. The van der Waals surface area contributed by atoms with Gasteiger partial charge < -0.3 is 10.4 Å². The molecule has 2 N–H and O–H groups in total. The average molecular weight is 351 g/mol. The molecule has 9 heteroatoms. The zero-order chi connectivity index (χ0) is 18.0. The van der Waals surface area contributed by atoms with E-state index in [1.165, 1.54) is 17.3 Å². The molecule has 2 atom stereocenters. The molecule has 1 unspecified atom stereocenters. The van der Waals surface area contributed by atoms with Gasteiger partial charge in [0, 0.05) is 17.5 Å². The molecule has 2 aromatic rings. The Bertz CT molecular complexity index is 821. The van der Waals surface area contributed by atoms with E-state index in [1.54, 1.807) is 6.92 Å². The van der Waals surface area contributed by atoms with Crippen LogP contribution in [-0.2, 0) is 12.1 Å². The SMILES string of the molecule is C[C@@H](C1=C(F)C=NCN1)C(O)(Cn1cncn1)c1ccc(F)cc1F. The van der Waals surface area contributed by atoms with Crippen molar-refractivity contribution in [3.63, 3.8) is 0 Å². The Labute approximate surface area is 141 Å². The van der Waals surface area contributed by atoms with Gasteiger partial charge in [0.05, 0.1) is 18.5 Å². The molecule has 0 spiro atoms. The van der Waals surface area contributed by atoms with Crippen LogP contribution in [0.3, 0.4) is 0 Å². The molecule has 0 bridgehead atoms. The summed E-state index contributed by atoms with van der Waals surface area (Å²) in [6.45, 7) is 1.48. The van der Waals surface area contributed by atoms with Gasteiger partial charge >= 0.3 is 0 Å². The van der Waals surface area contributed by atoms with Crippen LogP contribution < -0.4 is 5.32 Å². The van der Waals surface area contributed by atoms with Gasteiger partial charge in [0.2, 0.25) is 0 Å². The number of nitrogens with zero attached hydrogens (tertiary/aromatic N) is 4. The fourth-order valence-electron chi connectivity index (χ4n) is 2.87. The highest BCUT2D eigenvalue weighted by Crippen LogP contribution is 2.38. The predicted octanol–water partition coefficient (Wildman–Crippen LogP) is 1.89. The van der Waals surface area contributed by atoms with Crippen molar-refractivity contribution >= 4 is 6.21 Å². The Balaban J connectivity index is 2.09. The average Bonchev–Trinajstić information content (AvgIpc) is 3.07. The maximum absolute atomic E-state index is 14.4. The number of halogens is 3. The first-order chi connectivity index (χ1) is 11.9. The van der Waals surface area contributed by atoms with Crippen LogP contribution in [0.25, 0.3) is 0 Å². The first kappa shape index (κ1) is 17.2. The van der Waals surface area contributed by atoms with Crippen LogP contribution in [0.5, 0.6) is 0 Å². The molecule has 1 aromatic carbocycles. The number of aliphatic imine (C=N–C) groups is 1. The van der Waals surface area contributed by atoms with Crippen LogP contribution in [0.2, 0.25) is 0 Å². The van der Waals surface area contributed by atoms with Crippen molar-refractivity contribution < 1.29 is 18.3 Å². The minimum atomic E-state index is -1.91. The van der Waals surface area contributed by atoms with Gasteiger partial charge in [-0.15, -0.1) is 0 Å². The van der Waals surface area contributed by atoms with E-state index >= 15 is 0 Å². The van der Waals surface area contributed by atoms with Crippen LogP contribution in [-0.4, -0.2) is 32.8 Å². The van der Waals surface area contributed by atoms with Gasteiger partial charge in [-0.2, -0.15) is 5.10 Å². The van der Waals surface area contributed by atoms with E-state index in [2.05, 4.69) is 20.4 Å². The number of aliphatic hydroxyl groups is 1. The lowest BCUT2D eigenvalue weighted by Crippen LogP contribution is -2.43. The van der Waals surface area contributed by atoms with Gasteiger partial charge in [-0.25, -0.2) is 22.8 Å². The molecule has 0 aliphatic carbocycles. The number of nitrogens with one attached hydrogen (secondary N) is 1. The number of hydrogen-bond acceptors (Lipinski definition) is 5. The quantitative estimate of drug-likeness (QED) is 0.863. The molecule has 0 radical (unpaired) electrons. The third-order valence-corrected chi connectivity index (χ3v) is 4.24. The Kier molecular flexibility index (Phi) is 4.58. The summed E-state index contributed by atoms with van der Waals surface area (Å²) in [5.74, 6) is -3.26. The van der Waals surface area contributed by atoms with Gasteiger partial charge in [0.1, 0.15) is 36.6 Å². The van der Waals surface area contributed by atoms with Gasteiger partial charge in [0.15, 0.2) is 5.83 Å². The third-order valence-electron chi connectivity index (χ3n) is 4.24. The zero-order valence-corrected chi connectivity index (χ0v) is 13.3. The number of rotatable bonds is 5. The minimum absolute atomic E-state index is 0.0846. The maximum Gasteiger partial charge on any atom is 0.160 e. The van der Waals surface area contributed by atoms with Crippen molar-refractivity contribution in [2.45, 2.75) is 19.1 Å². The topological polar surface area (TPSA) is 75.3 Å². The lowest BCUT2D eigenvalue weighted by atomic mass is 9.79. The molecule has 0 saturated heterocycles. The molecule has 3 rings (SSSR count). The van der Waals surface area contributed by atoms with Crippen LogP contribution in [0, 0.1) is 17.6 Å². The summed E-state index contributed by atoms with van der Waals surface area (Å²) in [7, 11) is 0. The molecule has 0 saturated carbocycles. The van der Waals surface area contributed by atoms with Crippen molar-refractivity contribution in [3.8, 4) is 0 Å². The number of hydrogen-bond donors (Lipinski definition) is 2. The molecule has 0 amide bonds. The number of benzene rings is 1. The van der Waals surface area contributed by atoms with Crippen molar-refractivity contribution in [1.29, 1.82) is 0 Å². The Morgan fingerprint density at radius 1 is 1.36 bits per heavy atom. The first-order valence-electron chi connectivity index (χ1n) is 7.55. The van der Waals surface area contributed by atoms with Gasteiger partial charge in [0.25, 0.3) is 0 Å². The molecule has 132 valence electrons. The predicted molar refractivity (Wildman–Crippen MR) is 84.1 cm³/mol. The van der Waals surface area contributed by atoms with E-state index in [0.717, 1.165) is 18.3 Å². The summed E-state index contributed by atoms with van der Waals surface area (Å²) in [6, 6.07) is 2.86. The van der Waals surface area contributed by atoms with E-state index < -0.39 is 29.0 Å². The van der Waals surface area contributed by atoms with E-state index in [1.807, 2.05) is 0 Å². The Morgan fingerprint density at radius 3 is 2.80 bits per heavy atom. The second-order valence-corrected chi connectivity index (χ2v) is 5.77. The fourth-order valence-corrected chi connectivity index (χ4v) is 2.87. The second kappa shape index (κ2) is 6.67. The van der Waals surface area contributed by atoms with Gasteiger partial charge in [-0.3, -0.25) is 4.99 Å². The normalized spacial score (nSPS) is 18.0. The smallest absolute Gasteiger partial charge is 0.160 e. The monoisotopic (exact) mass is 351 g/mol. The highest BCUT2D eigenvalue weighted by Gasteiger charge is 2.42. The van der Waals surface area contributed by atoms with Crippen molar-refractivity contribution in [2.75, 3.05) is 6.67 Å². The molecular formula is C16H16F3N5O. The van der Waals surface area contributed by atoms with Gasteiger partial charge in [-0.1, -0.05) is 13.0 Å². The number of aromatic nitrogens is 3. The molecule has 1 aromatic heterocycles. The summed E-state index contributed by atoms with van der Waals surface area (Å²) in [6.07, 6.45) is 3.65. The Morgan fingerprint density at radius 2 is 2.16 bits per heavy atom. The fraction of sp³-hybridized carbons (Fsp3) is 0.312. The molecule has 1 aliphatic rings. The lowest BCUT2D eigenvalue weighted by Gasteiger charge is -2.36. The zero-order valence-electron chi connectivity index (χ0n) is 13.3. The lowest BCUT2D eigenvalue weighted by molar-refractivity contribution is -0.0289. The number of allylic oxidation sites excluding steroid dienone is 1. The summed E-state index contributed by atoms with van der Waals surface area (Å²) in [4.78, 5) is 7.54. The highest BCUT2D eigenvalue weighted by molar-refractivity contribution is 5.77. The first-order valence-corrected chi connectivity index (χ1v) is 7.55. The minimum Gasteiger partial charge on any atom is -0.382 e. The van der Waals surface area contributed by atoms with Gasteiger partial charge in [-0.05, 0) is 6.07 Å². The van der Waals surface area contributed by atoms with E-state index in [-0.39, 0.29) is 24.5 Å². The highest BCUT2D eigenvalue weighted by atomic mass is 19.1. The molecule has 1 aliphatic heterocycles. The van der Waals surface area contributed by atoms with Crippen LogP contribution in [0.1, 0.15) is 12.5 Å². The van der Waals surface area contributed by atoms with Crippen LogP contribution >= 0.6 is 0 Å². The Hall–Kier alpha value is -2.68. The van der Waals surface area contributed by atoms with E-state index in [0.29, 0.717) is 6.07 Å². The molecule has 0 fully saturated rings. The summed E-state index contributed by atoms with van der Waals surface area (Å²) >= 11 is 0. The van der Waals surface area contributed by atoms with Crippen LogP contribution in [0.4, 0.5) is 13.2 Å². The third kappa shape index (κ3) is 3.27. The maximum atomic E-state index is 14.4. The van der Waals surface area contributed by atoms with E-state index in [4.69, 9.17) is 0 Å². The van der Waals surface area contributed by atoms with E-state index in [9.17, 15) is 18.3 Å².